The Kier molecular flexibility index (Phi) is 5.33. The first kappa shape index (κ1) is 16.5. The van der Waals surface area contributed by atoms with Gasteiger partial charge in [-0.3, -0.25) is 9.48 Å². The summed E-state index contributed by atoms with van der Waals surface area (Å²) in [6.45, 7) is 2.06. The van der Waals surface area contributed by atoms with Crippen LogP contribution in [0.15, 0.2) is 12.4 Å². The molecule has 1 aromatic rings. The molecule has 3 rings (SSSR count). The van der Waals surface area contributed by atoms with E-state index in [1.54, 1.807) is 4.68 Å². The third kappa shape index (κ3) is 4.32. The predicted octanol–water partition coefficient (Wildman–Crippen LogP) is 0.608. The number of aryl methyl sites for hydroxylation is 2. The summed E-state index contributed by atoms with van der Waals surface area (Å²) in [4.78, 5) is 12.4. The summed E-state index contributed by atoms with van der Waals surface area (Å²) in [6.07, 6.45) is 8.72. The predicted molar refractivity (Wildman–Crippen MR) is 87.8 cm³/mol. The van der Waals surface area contributed by atoms with Crippen LogP contribution in [0.1, 0.15) is 37.7 Å². The Bertz CT molecular complexity index is 518. The van der Waals surface area contributed by atoms with Gasteiger partial charge in [-0.2, -0.15) is 5.10 Å². The van der Waals surface area contributed by atoms with Gasteiger partial charge in [0.15, 0.2) is 0 Å². The fraction of sp³-hybridized carbons (Fsp3) is 0.765. The van der Waals surface area contributed by atoms with Crippen LogP contribution in [-0.4, -0.2) is 46.0 Å². The van der Waals surface area contributed by atoms with Crippen molar-refractivity contribution >= 4 is 5.91 Å². The van der Waals surface area contributed by atoms with Crippen molar-refractivity contribution in [2.24, 2.45) is 18.9 Å². The fourth-order valence-electron chi connectivity index (χ4n) is 3.86. The van der Waals surface area contributed by atoms with Crippen molar-refractivity contribution in [1.29, 1.82) is 0 Å². The van der Waals surface area contributed by atoms with Crippen LogP contribution in [0, 0.1) is 11.8 Å². The van der Waals surface area contributed by atoms with E-state index in [1.165, 1.54) is 0 Å². The van der Waals surface area contributed by atoms with Crippen LogP contribution in [0.3, 0.4) is 0 Å². The molecule has 0 radical (unpaired) electrons. The number of amides is 1. The van der Waals surface area contributed by atoms with Gasteiger partial charge in [-0.1, -0.05) is 0 Å². The number of carbonyl (C=O) groups excluding carboxylic acids is 1. The normalized spacial score (nSPS) is 26.5. The zero-order valence-corrected chi connectivity index (χ0v) is 13.9. The highest BCUT2D eigenvalue weighted by atomic mass is 16.3. The average molecular weight is 320 g/mol. The number of carbonyl (C=O) groups is 1. The summed E-state index contributed by atoms with van der Waals surface area (Å²) in [5, 5.41) is 20.4. The van der Waals surface area contributed by atoms with Crippen LogP contribution in [-0.2, 0) is 18.3 Å². The van der Waals surface area contributed by atoms with Crippen LogP contribution in [0.25, 0.3) is 0 Å². The lowest BCUT2D eigenvalue weighted by atomic mass is 9.71. The lowest BCUT2D eigenvalue weighted by molar-refractivity contribution is -0.123. The molecule has 1 aliphatic carbocycles. The first-order valence-corrected chi connectivity index (χ1v) is 8.77. The topological polar surface area (TPSA) is 79.2 Å². The van der Waals surface area contributed by atoms with E-state index in [9.17, 15) is 9.90 Å². The van der Waals surface area contributed by atoms with Gasteiger partial charge < -0.3 is 15.7 Å². The molecule has 0 bridgehead atoms. The monoisotopic (exact) mass is 320 g/mol. The third-order valence-electron chi connectivity index (χ3n) is 5.28. The number of hydrogen-bond acceptors (Lipinski definition) is 4. The van der Waals surface area contributed by atoms with Gasteiger partial charge >= 0.3 is 0 Å². The van der Waals surface area contributed by atoms with E-state index < -0.39 is 0 Å². The Balaban J connectivity index is 1.53. The largest absolute Gasteiger partial charge is 0.393 e. The second kappa shape index (κ2) is 7.45. The molecule has 2 aliphatic rings. The number of aliphatic hydroxyl groups excluding tert-OH is 1. The van der Waals surface area contributed by atoms with Crippen molar-refractivity contribution in [2.45, 2.75) is 50.7 Å². The molecule has 6 heteroatoms. The van der Waals surface area contributed by atoms with Gasteiger partial charge in [-0.05, 0) is 62.6 Å². The zero-order chi connectivity index (χ0) is 16.2. The third-order valence-corrected chi connectivity index (χ3v) is 5.28. The number of nitrogens with zero attached hydrogens (tertiary/aromatic N) is 2. The van der Waals surface area contributed by atoms with Gasteiger partial charge in [0.1, 0.15) is 0 Å². The summed E-state index contributed by atoms with van der Waals surface area (Å²) in [5.74, 6) is 1.10. The molecule has 1 atom stereocenters. The molecular weight excluding hydrogens is 292 g/mol. The summed E-state index contributed by atoms with van der Waals surface area (Å²) in [7, 11) is 1.89. The minimum absolute atomic E-state index is 0.124. The van der Waals surface area contributed by atoms with E-state index in [-0.39, 0.29) is 18.1 Å². The second-order valence-electron chi connectivity index (χ2n) is 7.09. The number of hydrogen-bond donors (Lipinski definition) is 3. The smallest absolute Gasteiger partial charge is 0.220 e. The van der Waals surface area contributed by atoms with Crippen molar-refractivity contribution in [3.05, 3.63) is 18.0 Å². The summed E-state index contributed by atoms with van der Waals surface area (Å²) >= 11 is 0. The van der Waals surface area contributed by atoms with Crippen LogP contribution in [0.4, 0.5) is 0 Å². The van der Waals surface area contributed by atoms with Crippen LogP contribution >= 0.6 is 0 Å². The van der Waals surface area contributed by atoms with E-state index >= 15 is 0 Å². The molecule has 0 spiro atoms. The maximum absolute atomic E-state index is 12.4. The van der Waals surface area contributed by atoms with Gasteiger partial charge in [0.2, 0.25) is 5.91 Å². The van der Waals surface area contributed by atoms with Crippen LogP contribution in [0.2, 0.25) is 0 Å². The van der Waals surface area contributed by atoms with Crippen molar-refractivity contribution in [1.82, 2.24) is 20.4 Å². The van der Waals surface area contributed by atoms with Crippen molar-refractivity contribution in [2.75, 3.05) is 13.1 Å². The molecule has 1 unspecified atom stereocenters. The van der Waals surface area contributed by atoms with Gasteiger partial charge in [0.05, 0.1) is 12.3 Å². The summed E-state index contributed by atoms with van der Waals surface area (Å²) in [6, 6.07) is 0.224. The van der Waals surface area contributed by atoms with Gasteiger partial charge in [0.25, 0.3) is 0 Å². The molecule has 128 valence electrons. The lowest BCUT2D eigenvalue weighted by Crippen LogP contribution is -2.52. The number of piperidine rings is 1. The number of rotatable bonds is 6. The quantitative estimate of drug-likeness (QED) is 0.717. The van der Waals surface area contributed by atoms with Crippen molar-refractivity contribution in [3.63, 3.8) is 0 Å². The molecule has 1 saturated heterocycles. The number of aromatic nitrogens is 2. The molecule has 1 aliphatic heterocycles. The molecular formula is C17H28N4O2. The van der Waals surface area contributed by atoms with E-state index in [2.05, 4.69) is 15.7 Å². The van der Waals surface area contributed by atoms with Gasteiger partial charge in [0, 0.05) is 25.7 Å². The molecule has 1 aromatic heterocycles. The Morgan fingerprint density at radius 3 is 2.78 bits per heavy atom. The van der Waals surface area contributed by atoms with Crippen LogP contribution < -0.4 is 10.6 Å². The standard InChI is InChI=1S/C17H28N4O2/c1-21-11-12(10-19-21)2-3-16(23)20-17(14-8-15(22)9-14)13-4-6-18-7-5-13/h10-11,13-15,17-18,22H,2-9H2,1H3,(H,20,23). The van der Waals surface area contributed by atoms with Crippen molar-refractivity contribution < 1.29 is 9.90 Å². The zero-order valence-electron chi connectivity index (χ0n) is 13.9. The average Bonchev–Trinajstić information content (AvgIpc) is 2.94. The molecule has 23 heavy (non-hydrogen) atoms. The molecule has 3 N–H and O–H groups in total. The minimum atomic E-state index is -0.170. The van der Waals surface area contributed by atoms with Crippen LogP contribution in [0.5, 0.6) is 0 Å². The molecule has 1 saturated carbocycles. The van der Waals surface area contributed by atoms with Gasteiger partial charge in [-0.15, -0.1) is 0 Å². The minimum Gasteiger partial charge on any atom is -0.393 e. The first-order valence-electron chi connectivity index (χ1n) is 8.77. The Labute approximate surface area is 137 Å². The van der Waals surface area contributed by atoms with Crippen molar-refractivity contribution in [3.8, 4) is 0 Å². The molecule has 1 amide bonds. The van der Waals surface area contributed by atoms with E-state index in [1.807, 2.05) is 19.4 Å². The molecule has 2 fully saturated rings. The molecule has 2 heterocycles. The van der Waals surface area contributed by atoms with E-state index in [4.69, 9.17) is 0 Å². The number of nitrogens with one attached hydrogen (secondary N) is 2. The summed E-state index contributed by atoms with van der Waals surface area (Å²) < 4.78 is 1.76. The van der Waals surface area contributed by atoms with E-state index in [0.29, 0.717) is 18.3 Å². The SMILES string of the molecule is Cn1cc(CCC(=O)NC(C2CCNCC2)C2CC(O)C2)cn1. The second-order valence-corrected chi connectivity index (χ2v) is 7.09. The summed E-state index contributed by atoms with van der Waals surface area (Å²) in [5.41, 5.74) is 1.10. The maximum Gasteiger partial charge on any atom is 0.220 e. The maximum atomic E-state index is 12.4. The highest BCUT2D eigenvalue weighted by Gasteiger charge is 2.38. The Morgan fingerprint density at radius 2 is 2.17 bits per heavy atom. The first-order chi connectivity index (χ1) is 11.1. The highest BCUT2D eigenvalue weighted by molar-refractivity contribution is 5.76. The van der Waals surface area contributed by atoms with Gasteiger partial charge in [-0.25, -0.2) is 0 Å². The lowest BCUT2D eigenvalue weighted by Gasteiger charge is -2.43. The van der Waals surface area contributed by atoms with E-state index in [0.717, 1.165) is 50.8 Å². The highest BCUT2D eigenvalue weighted by Crippen LogP contribution is 2.35. The Morgan fingerprint density at radius 1 is 1.43 bits per heavy atom. The number of aliphatic hydroxyl groups is 1. The molecule has 6 nitrogen and oxygen atoms in total. The molecule has 0 aromatic carbocycles. The Hall–Kier alpha value is -1.40. The fourth-order valence-corrected chi connectivity index (χ4v) is 3.86.